The molecule has 0 spiro atoms. The monoisotopic (exact) mass is 299 g/mol. The van der Waals surface area contributed by atoms with Gasteiger partial charge in [-0.2, -0.15) is 11.8 Å². The number of guanidine groups is 1. The highest BCUT2D eigenvalue weighted by atomic mass is 32.2. The predicted molar refractivity (Wildman–Crippen MR) is 88.5 cm³/mol. The Hall–Kier alpha value is -0.460. The molecular formula is C14H29N5S. The van der Waals surface area contributed by atoms with Gasteiger partial charge in [0.15, 0.2) is 5.96 Å². The van der Waals surface area contributed by atoms with E-state index in [-0.39, 0.29) is 0 Å². The standard InChI is InChI=1S/C14H29N5S/c1-13(12-18-5-3-17(2)4-6-18)11-16-14(15)19-7-9-20-10-8-19/h13H,3-12H2,1-2H3,(H2,15,16). The van der Waals surface area contributed by atoms with E-state index in [9.17, 15) is 0 Å². The lowest BCUT2D eigenvalue weighted by Gasteiger charge is -2.33. The third-order valence-electron chi connectivity index (χ3n) is 4.07. The Morgan fingerprint density at radius 1 is 1.15 bits per heavy atom. The van der Waals surface area contributed by atoms with Crippen molar-refractivity contribution in [1.29, 1.82) is 0 Å². The molecule has 0 saturated carbocycles. The second-order valence-electron chi connectivity index (χ2n) is 6.01. The van der Waals surface area contributed by atoms with Crippen molar-refractivity contribution in [3.8, 4) is 0 Å². The number of piperazine rings is 1. The van der Waals surface area contributed by atoms with E-state index in [2.05, 4.69) is 33.7 Å². The van der Waals surface area contributed by atoms with Gasteiger partial charge in [0.05, 0.1) is 0 Å². The predicted octanol–water partition coefficient (Wildman–Crippen LogP) is 0.233. The van der Waals surface area contributed by atoms with Crippen molar-refractivity contribution in [3.63, 3.8) is 0 Å². The lowest BCUT2D eigenvalue weighted by atomic mass is 10.1. The van der Waals surface area contributed by atoms with Crippen LogP contribution in [0.25, 0.3) is 0 Å². The van der Waals surface area contributed by atoms with Crippen LogP contribution in [0.2, 0.25) is 0 Å². The summed E-state index contributed by atoms with van der Waals surface area (Å²) in [6, 6.07) is 0. The van der Waals surface area contributed by atoms with Gasteiger partial charge in [0.25, 0.3) is 0 Å². The van der Waals surface area contributed by atoms with Crippen LogP contribution in [0.5, 0.6) is 0 Å². The third kappa shape index (κ3) is 5.14. The molecule has 2 rings (SSSR count). The fourth-order valence-corrected chi connectivity index (χ4v) is 3.57. The summed E-state index contributed by atoms with van der Waals surface area (Å²) in [6.45, 7) is 11.1. The molecule has 0 aromatic heterocycles. The summed E-state index contributed by atoms with van der Waals surface area (Å²) in [7, 11) is 2.20. The SMILES string of the molecule is CC(CN=C(N)N1CCSCC1)CN1CCN(C)CC1. The van der Waals surface area contributed by atoms with Crippen molar-refractivity contribution in [2.75, 3.05) is 70.9 Å². The maximum atomic E-state index is 6.09. The van der Waals surface area contributed by atoms with Crippen LogP contribution in [0.4, 0.5) is 0 Å². The smallest absolute Gasteiger partial charge is 0.191 e. The van der Waals surface area contributed by atoms with Gasteiger partial charge in [0.1, 0.15) is 0 Å². The molecule has 116 valence electrons. The van der Waals surface area contributed by atoms with Gasteiger partial charge in [-0.05, 0) is 13.0 Å². The van der Waals surface area contributed by atoms with E-state index < -0.39 is 0 Å². The molecule has 0 bridgehead atoms. The summed E-state index contributed by atoms with van der Waals surface area (Å²) < 4.78 is 0. The van der Waals surface area contributed by atoms with Crippen molar-refractivity contribution >= 4 is 17.7 Å². The van der Waals surface area contributed by atoms with Crippen LogP contribution >= 0.6 is 11.8 Å². The fraction of sp³-hybridized carbons (Fsp3) is 0.929. The van der Waals surface area contributed by atoms with Crippen LogP contribution < -0.4 is 5.73 Å². The van der Waals surface area contributed by atoms with E-state index in [1.54, 1.807) is 0 Å². The normalized spacial score (nSPS) is 24.9. The van der Waals surface area contributed by atoms with Crippen LogP contribution in [0, 0.1) is 5.92 Å². The second-order valence-corrected chi connectivity index (χ2v) is 7.23. The van der Waals surface area contributed by atoms with Gasteiger partial charge in [-0.25, -0.2) is 0 Å². The van der Waals surface area contributed by atoms with Gasteiger partial charge >= 0.3 is 0 Å². The molecular weight excluding hydrogens is 270 g/mol. The van der Waals surface area contributed by atoms with Gasteiger partial charge in [0, 0.05) is 63.9 Å². The Balaban J connectivity index is 1.69. The van der Waals surface area contributed by atoms with Crippen LogP contribution in [0.15, 0.2) is 4.99 Å². The molecule has 2 aliphatic rings. The first kappa shape index (κ1) is 15.9. The van der Waals surface area contributed by atoms with Crippen LogP contribution in [0.1, 0.15) is 6.92 Å². The number of nitrogens with zero attached hydrogens (tertiary/aromatic N) is 4. The first-order valence-electron chi connectivity index (χ1n) is 7.68. The van der Waals surface area contributed by atoms with Crippen molar-refractivity contribution < 1.29 is 0 Å². The minimum atomic E-state index is 0.580. The molecule has 2 aliphatic heterocycles. The minimum absolute atomic E-state index is 0.580. The van der Waals surface area contributed by atoms with Crippen LogP contribution in [0.3, 0.4) is 0 Å². The van der Waals surface area contributed by atoms with Crippen molar-refractivity contribution in [2.45, 2.75) is 6.92 Å². The topological polar surface area (TPSA) is 48.1 Å². The van der Waals surface area contributed by atoms with Gasteiger partial charge in [-0.3, -0.25) is 4.99 Å². The maximum absolute atomic E-state index is 6.09. The van der Waals surface area contributed by atoms with Crippen molar-refractivity contribution in [2.24, 2.45) is 16.6 Å². The summed E-state index contributed by atoms with van der Waals surface area (Å²) in [5.74, 6) is 3.67. The van der Waals surface area contributed by atoms with Gasteiger partial charge in [-0.15, -0.1) is 0 Å². The number of likely N-dealkylation sites (N-methyl/N-ethyl adjacent to an activating group) is 1. The molecule has 0 radical (unpaired) electrons. The summed E-state index contributed by atoms with van der Waals surface area (Å²) in [4.78, 5) is 11.8. The Morgan fingerprint density at radius 3 is 2.45 bits per heavy atom. The quantitative estimate of drug-likeness (QED) is 0.595. The Bertz CT molecular complexity index is 309. The van der Waals surface area contributed by atoms with E-state index in [1.807, 2.05) is 11.8 Å². The van der Waals surface area contributed by atoms with Crippen LogP contribution in [-0.2, 0) is 0 Å². The first-order valence-corrected chi connectivity index (χ1v) is 8.84. The van der Waals surface area contributed by atoms with Gasteiger partial charge in [0.2, 0.25) is 0 Å². The summed E-state index contributed by atoms with van der Waals surface area (Å²) in [6.07, 6.45) is 0. The highest BCUT2D eigenvalue weighted by Crippen LogP contribution is 2.09. The molecule has 2 N–H and O–H groups in total. The number of thioether (sulfide) groups is 1. The molecule has 1 atom stereocenters. The molecule has 6 heteroatoms. The fourth-order valence-electron chi connectivity index (χ4n) is 2.67. The van der Waals surface area contributed by atoms with Crippen molar-refractivity contribution in [1.82, 2.24) is 14.7 Å². The molecule has 5 nitrogen and oxygen atoms in total. The summed E-state index contributed by atoms with van der Waals surface area (Å²) in [5.41, 5.74) is 6.09. The molecule has 0 aromatic rings. The molecule has 0 aromatic carbocycles. The van der Waals surface area contributed by atoms with Gasteiger partial charge < -0.3 is 20.4 Å². The molecule has 0 aliphatic carbocycles. The Labute approximate surface area is 127 Å². The van der Waals surface area contributed by atoms with E-state index in [0.717, 1.165) is 32.1 Å². The van der Waals surface area contributed by atoms with Crippen molar-refractivity contribution in [3.05, 3.63) is 0 Å². The molecule has 2 saturated heterocycles. The first-order chi connectivity index (χ1) is 9.65. The number of rotatable bonds is 4. The van der Waals surface area contributed by atoms with Crippen LogP contribution in [-0.4, -0.2) is 91.6 Å². The highest BCUT2D eigenvalue weighted by molar-refractivity contribution is 7.99. The number of nitrogens with two attached hydrogens (primary N) is 1. The van der Waals surface area contributed by atoms with Gasteiger partial charge in [-0.1, -0.05) is 6.92 Å². The maximum Gasteiger partial charge on any atom is 0.191 e. The summed E-state index contributed by atoms with van der Waals surface area (Å²) >= 11 is 2.00. The van der Waals surface area contributed by atoms with E-state index in [0.29, 0.717) is 5.92 Å². The third-order valence-corrected chi connectivity index (χ3v) is 5.01. The average molecular weight is 299 g/mol. The van der Waals surface area contributed by atoms with E-state index in [1.165, 1.54) is 37.7 Å². The van der Waals surface area contributed by atoms with E-state index in [4.69, 9.17) is 5.73 Å². The Morgan fingerprint density at radius 2 is 1.80 bits per heavy atom. The zero-order chi connectivity index (χ0) is 14.4. The molecule has 1 unspecified atom stereocenters. The second kappa shape index (κ2) is 8.10. The molecule has 2 heterocycles. The lowest BCUT2D eigenvalue weighted by Crippen LogP contribution is -2.46. The largest absolute Gasteiger partial charge is 0.370 e. The minimum Gasteiger partial charge on any atom is -0.370 e. The lowest BCUT2D eigenvalue weighted by molar-refractivity contribution is 0.140. The molecule has 2 fully saturated rings. The molecule has 20 heavy (non-hydrogen) atoms. The number of hydrogen-bond donors (Lipinski definition) is 1. The van der Waals surface area contributed by atoms with E-state index >= 15 is 0 Å². The Kier molecular flexibility index (Phi) is 6.45. The number of hydrogen-bond acceptors (Lipinski definition) is 4. The summed E-state index contributed by atoms with van der Waals surface area (Å²) in [5, 5.41) is 0. The zero-order valence-corrected chi connectivity index (χ0v) is 13.7. The molecule has 0 amide bonds. The number of aliphatic imine (C=N–C) groups is 1. The zero-order valence-electron chi connectivity index (χ0n) is 12.9. The average Bonchev–Trinajstić information content (AvgIpc) is 2.48. The highest BCUT2D eigenvalue weighted by Gasteiger charge is 2.16.